The predicted octanol–water partition coefficient (Wildman–Crippen LogP) is 5.94. The first-order chi connectivity index (χ1) is 10.8. The SMILES string of the molecule is Oc1ccc(-c2ccc(-c3ccc4ccccc4c3)s2)cc1. The summed E-state index contributed by atoms with van der Waals surface area (Å²) in [6.07, 6.45) is 0. The number of thiophene rings is 1. The van der Waals surface area contributed by atoms with Crippen molar-refractivity contribution in [2.75, 3.05) is 0 Å². The van der Waals surface area contributed by atoms with E-state index in [2.05, 4.69) is 54.6 Å². The van der Waals surface area contributed by atoms with Crippen molar-refractivity contribution in [3.8, 4) is 26.6 Å². The maximum absolute atomic E-state index is 9.39. The number of rotatable bonds is 2. The minimum absolute atomic E-state index is 0.301. The Balaban J connectivity index is 1.74. The number of aromatic hydroxyl groups is 1. The quantitative estimate of drug-likeness (QED) is 0.486. The van der Waals surface area contributed by atoms with E-state index in [-0.39, 0.29) is 0 Å². The molecule has 0 bridgehead atoms. The van der Waals surface area contributed by atoms with Gasteiger partial charge in [0.1, 0.15) is 5.75 Å². The van der Waals surface area contributed by atoms with Crippen LogP contribution < -0.4 is 0 Å². The molecule has 4 rings (SSSR count). The molecule has 22 heavy (non-hydrogen) atoms. The van der Waals surface area contributed by atoms with Crippen LogP contribution in [0.25, 0.3) is 31.7 Å². The molecule has 0 atom stereocenters. The van der Waals surface area contributed by atoms with Crippen LogP contribution in [0.15, 0.2) is 78.9 Å². The van der Waals surface area contributed by atoms with Crippen molar-refractivity contribution in [1.82, 2.24) is 0 Å². The average molecular weight is 302 g/mol. The summed E-state index contributed by atoms with van der Waals surface area (Å²) >= 11 is 1.77. The van der Waals surface area contributed by atoms with Crippen LogP contribution in [0.1, 0.15) is 0 Å². The highest BCUT2D eigenvalue weighted by Crippen LogP contribution is 2.35. The summed E-state index contributed by atoms with van der Waals surface area (Å²) in [5.74, 6) is 0.301. The maximum Gasteiger partial charge on any atom is 0.115 e. The molecule has 0 spiro atoms. The van der Waals surface area contributed by atoms with Crippen molar-refractivity contribution in [1.29, 1.82) is 0 Å². The molecule has 0 aliphatic carbocycles. The molecule has 0 aliphatic heterocycles. The van der Waals surface area contributed by atoms with Gasteiger partial charge < -0.3 is 5.11 Å². The number of hydrogen-bond donors (Lipinski definition) is 1. The molecule has 0 amide bonds. The van der Waals surface area contributed by atoms with E-state index in [1.54, 1.807) is 23.5 Å². The van der Waals surface area contributed by atoms with Crippen molar-refractivity contribution in [2.45, 2.75) is 0 Å². The van der Waals surface area contributed by atoms with Crippen LogP contribution >= 0.6 is 11.3 Å². The van der Waals surface area contributed by atoms with E-state index >= 15 is 0 Å². The molecule has 2 heteroatoms. The van der Waals surface area contributed by atoms with E-state index in [4.69, 9.17) is 0 Å². The van der Waals surface area contributed by atoms with Gasteiger partial charge in [0.05, 0.1) is 0 Å². The molecule has 0 aliphatic rings. The van der Waals surface area contributed by atoms with Gasteiger partial charge in [-0.1, -0.05) is 36.4 Å². The molecular formula is C20H14OS. The third-order valence-electron chi connectivity index (χ3n) is 3.79. The summed E-state index contributed by atoms with van der Waals surface area (Å²) < 4.78 is 0. The van der Waals surface area contributed by atoms with E-state index < -0.39 is 0 Å². The molecule has 0 unspecified atom stereocenters. The van der Waals surface area contributed by atoms with Crippen molar-refractivity contribution >= 4 is 22.1 Å². The molecule has 1 heterocycles. The van der Waals surface area contributed by atoms with Gasteiger partial charge in [0, 0.05) is 9.75 Å². The molecule has 1 aromatic heterocycles. The van der Waals surface area contributed by atoms with Crippen LogP contribution in [0.3, 0.4) is 0 Å². The van der Waals surface area contributed by atoms with E-state index in [9.17, 15) is 5.11 Å². The van der Waals surface area contributed by atoms with E-state index in [1.807, 2.05) is 12.1 Å². The Labute approximate surface area is 133 Å². The molecule has 0 radical (unpaired) electrons. The molecule has 1 N–H and O–H groups in total. The Bertz CT molecular complexity index is 935. The molecule has 0 fully saturated rings. The Morgan fingerprint density at radius 2 is 1.23 bits per heavy atom. The Hall–Kier alpha value is -2.58. The predicted molar refractivity (Wildman–Crippen MR) is 94.4 cm³/mol. The summed E-state index contributed by atoms with van der Waals surface area (Å²) in [7, 11) is 0. The summed E-state index contributed by atoms with van der Waals surface area (Å²) in [5.41, 5.74) is 2.38. The van der Waals surface area contributed by atoms with E-state index in [0.29, 0.717) is 5.75 Å². The van der Waals surface area contributed by atoms with Crippen molar-refractivity contribution in [3.63, 3.8) is 0 Å². The number of hydrogen-bond acceptors (Lipinski definition) is 2. The largest absolute Gasteiger partial charge is 0.508 e. The maximum atomic E-state index is 9.39. The van der Waals surface area contributed by atoms with Gasteiger partial charge in [-0.2, -0.15) is 0 Å². The molecule has 106 valence electrons. The molecule has 3 aromatic carbocycles. The van der Waals surface area contributed by atoms with Gasteiger partial charge in [-0.3, -0.25) is 0 Å². The Kier molecular flexibility index (Phi) is 3.17. The van der Waals surface area contributed by atoms with Gasteiger partial charge in [-0.25, -0.2) is 0 Å². The second kappa shape index (κ2) is 5.32. The molecule has 4 aromatic rings. The van der Waals surface area contributed by atoms with Crippen LogP contribution in [0.4, 0.5) is 0 Å². The molecule has 0 saturated carbocycles. The van der Waals surface area contributed by atoms with Crippen molar-refractivity contribution < 1.29 is 5.11 Å². The summed E-state index contributed by atoms with van der Waals surface area (Å²) in [4.78, 5) is 2.47. The van der Waals surface area contributed by atoms with Gasteiger partial charge in [-0.05, 0) is 64.4 Å². The average Bonchev–Trinajstić information content (AvgIpc) is 3.05. The topological polar surface area (TPSA) is 20.2 Å². The standard InChI is InChI=1S/C20H14OS/c21-18-9-7-15(8-10-18)19-11-12-20(22-19)17-6-5-14-3-1-2-4-16(14)13-17/h1-13,21H. The molecule has 0 saturated heterocycles. The lowest BCUT2D eigenvalue weighted by Gasteiger charge is -2.01. The van der Waals surface area contributed by atoms with Crippen molar-refractivity contribution in [3.05, 3.63) is 78.9 Å². The van der Waals surface area contributed by atoms with Gasteiger partial charge >= 0.3 is 0 Å². The number of phenols is 1. The van der Waals surface area contributed by atoms with Crippen LogP contribution in [-0.4, -0.2) is 5.11 Å². The van der Waals surface area contributed by atoms with Gasteiger partial charge in [0.25, 0.3) is 0 Å². The lowest BCUT2D eigenvalue weighted by molar-refractivity contribution is 0.475. The molecule has 1 nitrogen and oxygen atoms in total. The third-order valence-corrected chi connectivity index (χ3v) is 4.98. The number of benzene rings is 3. The van der Waals surface area contributed by atoms with Gasteiger partial charge in [0.2, 0.25) is 0 Å². The minimum atomic E-state index is 0.301. The first-order valence-electron chi connectivity index (χ1n) is 7.18. The van der Waals surface area contributed by atoms with Gasteiger partial charge in [-0.15, -0.1) is 11.3 Å². The first-order valence-corrected chi connectivity index (χ1v) is 8.00. The highest BCUT2D eigenvalue weighted by molar-refractivity contribution is 7.18. The second-order valence-corrected chi connectivity index (χ2v) is 6.36. The Morgan fingerprint density at radius 3 is 2.00 bits per heavy atom. The number of fused-ring (bicyclic) bond motifs is 1. The fraction of sp³-hybridized carbons (Fsp3) is 0. The zero-order chi connectivity index (χ0) is 14.9. The third kappa shape index (κ3) is 2.38. The highest BCUT2D eigenvalue weighted by atomic mass is 32.1. The normalized spacial score (nSPS) is 10.9. The second-order valence-electron chi connectivity index (χ2n) is 5.27. The summed E-state index contributed by atoms with van der Waals surface area (Å²) in [6.45, 7) is 0. The first kappa shape index (κ1) is 13.1. The van der Waals surface area contributed by atoms with Crippen LogP contribution in [0.2, 0.25) is 0 Å². The van der Waals surface area contributed by atoms with E-state index in [0.717, 1.165) is 5.56 Å². The van der Waals surface area contributed by atoms with Crippen LogP contribution in [-0.2, 0) is 0 Å². The summed E-state index contributed by atoms with van der Waals surface area (Å²) in [6, 6.07) is 26.7. The van der Waals surface area contributed by atoms with Crippen LogP contribution in [0, 0.1) is 0 Å². The monoisotopic (exact) mass is 302 g/mol. The zero-order valence-electron chi connectivity index (χ0n) is 11.9. The minimum Gasteiger partial charge on any atom is -0.508 e. The van der Waals surface area contributed by atoms with Crippen molar-refractivity contribution in [2.24, 2.45) is 0 Å². The number of phenolic OH excluding ortho intramolecular Hbond substituents is 1. The fourth-order valence-electron chi connectivity index (χ4n) is 2.62. The smallest absolute Gasteiger partial charge is 0.115 e. The van der Waals surface area contributed by atoms with Gasteiger partial charge in [0.15, 0.2) is 0 Å². The van der Waals surface area contributed by atoms with Crippen LogP contribution in [0.5, 0.6) is 5.75 Å². The lowest BCUT2D eigenvalue weighted by atomic mass is 10.1. The van der Waals surface area contributed by atoms with E-state index in [1.165, 1.54) is 26.1 Å². The fourth-order valence-corrected chi connectivity index (χ4v) is 3.62. The Morgan fingerprint density at radius 1 is 0.591 bits per heavy atom. The summed E-state index contributed by atoms with van der Waals surface area (Å²) in [5, 5.41) is 11.9. The molecular weight excluding hydrogens is 288 g/mol. The lowest BCUT2D eigenvalue weighted by Crippen LogP contribution is -1.74. The highest BCUT2D eigenvalue weighted by Gasteiger charge is 2.06. The zero-order valence-corrected chi connectivity index (χ0v) is 12.7.